The number of aryl methyl sites for hydroxylation is 1. The van der Waals surface area contributed by atoms with Crippen LogP contribution in [0.2, 0.25) is 0 Å². The lowest BCUT2D eigenvalue weighted by Gasteiger charge is -2.24. The Balaban J connectivity index is 1.63. The predicted molar refractivity (Wildman–Crippen MR) is 84.5 cm³/mol. The van der Waals surface area contributed by atoms with E-state index in [-0.39, 0.29) is 17.2 Å². The van der Waals surface area contributed by atoms with Gasteiger partial charge < -0.3 is 13.9 Å². The number of hydrogen-bond donors (Lipinski definition) is 0. The van der Waals surface area contributed by atoms with Crippen molar-refractivity contribution in [1.82, 2.24) is 20.2 Å². The standard InChI is InChI=1S/C17H22N4O3/c1-10(2)14-18-16(24-20-14)17-6-4-5-12(17)7-21(9-17)15(22)13-8-23-19-11(13)3/h8,10,12H,4-7,9H2,1-3H3/t12-,17-/m0/s1. The average Bonchev–Trinajstić information content (AvgIpc) is 3.28. The van der Waals surface area contributed by atoms with Gasteiger partial charge in [0.15, 0.2) is 5.82 Å². The average molecular weight is 330 g/mol. The highest BCUT2D eigenvalue weighted by molar-refractivity contribution is 5.95. The lowest BCUT2D eigenvalue weighted by molar-refractivity contribution is 0.0773. The van der Waals surface area contributed by atoms with Crippen LogP contribution in [-0.4, -0.2) is 39.2 Å². The van der Waals surface area contributed by atoms with E-state index in [2.05, 4.69) is 29.1 Å². The van der Waals surface area contributed by atoms with Gasteiger partial charge in [0, 0.05) is 19.0 Å². The molecule has 2 fully saturated rings. The molecule has 7 heteroatoms. The second-order valence-electron chi connectivity index (χ2n) is 7.36. The van der Waals surface area contributed by atoms with Crippen LogP contribution in [0.25, 0.3) is 0 Å². The Hall–Kier alpha value is -2.18. The van der Waals surface area contributed by atoms with E-state index in [9.17, 15) is 4.79 Å². The Morgan fingerprint density at radius 1 is 1.42 bits per heavy atom. The molecule has 0 bridgehead atoms. The number of likely N-dealkylation sites (tertiary alicyclic amines) is 1. The number of aromatic nitrogens is 3. The third-order valence-corrected chi connectivity index (χ3v) is 5.52. The molecule has 0 unspecified atom stereocenters. The topological polar surface area (TPSA) is 85.3 Å². The summed E-state index contributed by atoms with van der Waals surface area (Å²) >= 11 is 0. The van der Waals surface area contributed by atoms with Crippen molar-refractivity contribution in [1.29, 1.82) is 0 Å². The zero-order valence-electron chi connectivity index (χ0n) is 14.3. The molecule has 1 saturated heterocycles. The van der Waals surface area contributed by atoms with Gasteiger partial charge in [-0.25, -0.2) is 0 Å². The van der Waals surface area contributed by atoms with Crippen LogP contribution in [0.3, 0.4) is 0 Å². The minimum absolute atomic E-state index is 0.0221. The Morgan fingerprint density at radius 2 is 2.25 bits per heavy atom. The fraction of sp³-hybridized carbons (Fsp3) is 0.647. The molecule has 3 heterocycles. The smallest absolute Gasteiger partial charge is 0.259 e. The molecule has 1 aliphatic carbocycles. The largest absolute Gasteiger partial charge is 0.364 e. The van der Waals surface area contributed by atoms with Crippen LogP contribution in [-0.2, 0) is 5.41 Å². The molecule has 7 nitrogen and oxygen atoms in total. The van der Waals surface area contributed by atoms with Gasteiger partial charge in [0.1, 0.15) is 11.8 Å². The normalized spacial score (nSPS) is 26.3. The maximum Gasteiger partial charge on any atom is 0.259 e. The first-order valence-corrected chi connectivity index (χ1v) is 8.55. The second-order valence-corrected chi connectivity index (χ2v) is 7.36. The fourth-order valence-corrected chi connectivity index (χ4v) is 4.13. The zero-order chi connectivity index (χ0) is 16.9. The molecule has 1 amide bonds. The number of amides is 1. The van der Waals surface area contributed by atoms with E-state index in [1.54, 1.807) is 6.92 Å². The summed E-state index contributed by atoms with van der Waals surface area (Å²) in [5, 5.41) is 7.95. The van der Waals surface area contributed by atoms with E-state index < -0.39 is 0 Å². The van der Waals surface area contributed by atoms with Crippen molar-refractivity contribution in [3.63, 3.8) is 0 Å². The van der Waals surface area contributed by atoms with E-state index in [4.69, 9.17) is 9.05 Å². The van der Waals surface area contributed by atoms with Gasteiger partial charge in [-0.15, -0.1) is 0 Å². The third kappa shape index (κ3) is 2.17. The van der Waals surface area contributed by atoms with Gasteiger partial charge in [-0.2, -0.15) is 4.98 Å². The molecule has 0 radical (unpaired) electrons. The molecule has 2 atom stereocenters. The van der Waals surface area contributed by atoms with Crippen molar-refractivity contribution in [3.8, 4) is 0 Å². The van der Waals surface area contributed by atoms with Crippen LogP contribution >= 0.6 is 0 Å². The van der Waals surface area contributed by atoms with Crippen molar-refractivity contribution < 1.29 is 13.8 Å². The fourth-order valence-electron chi connectivity index (χ4n) is 4.13. The van der Waals surface area contributed by atoms with E-state index in [0.29, 0.717) is 29.6 Å². The van der Waals surface area contributed by atoms with Crippen molar-refractivity contribution in [2.24, 2.45) is 5.92 Å². The number of rotatable bonds is 3. The summed E-state index contributed by atoms with van der Waals surface area (Å²) in [7, 11) is 0. The molecule has 2 aromatic rings. The molecule has 0 aromatic carbocycles. The van der Waals surface area contributed by atoms with Gasteiger partial charge in [0.25, 0.3) is 5.91 Å². The van der Waals surface area contributed by atoms with Crippen LogP contribution in [0.1, 0.15) is 66.8 Å². The summed E-state index contributed by atoms with van der Waals surface area (Å²) in [6.07, 6.45) is 4.65. The molecule has 2 aliphatic rings. The molecule has 2 aromatic heterocycles. The summed E-state index contributed by atoms with van der Waals surface area (Å²) in [4.78, 5) is 19.4. The highest BCUT2D eigenvalue weighted by Gasteiger charge is 2.55. The van der Waals surface area contributed by atoms with Crippen molar-refractivity contribution in [2.75, 3.05) is 13.1 Å². The number of nitrogens with zero attached hydrogens (tertiary/aromatic N) is 4. The van der Waals surface area contributed by atoms with Gasteiger partial charge in [0.2, 0.25) is 5.89 Å². The van der Waals surface area contributed by atoms with E-state index in [1.807, 2.05) is 4.90 Å². The lowest BCUT2D eigenvalue weighted by Crippen LogP contribution is -2.35. The van der Waals surface area contributed by atoms with Crippen LogP contribution in [0.15, 0.2) is 15.3 Å². The van der Waals surface area contributed by atoms with Gasteiger partial charge in [0.05, 0.1) is 11.1 Å². The molecule has 128 valence electrons. The third-order valence-electron chi connectivity index (χ3n) is 5.52. The number of hydrogen-bond acceptors (Lipinski definition) is 6. The molecular formula is C17H22N4O3. The van der Waals surface area contributed by atoms with E-state index in [0.717, 1.165) is 31.6 Å². The highest BCUT2D eigenvalue weighted by atomic mass is 16.5. The number of fused-ring (bicyclic) bond motifs is 1. The molecule has 1 aliphatic heterocycles. The summed E-state index contributed by atoms with van der Waals surface area (Å²) in [6.45, 7) is 7.25. The Kier molecular flexibility index (Phi) is 3.47. The predicted octanol–water partition coefficient (Wildman–Crippen LogP) is 2.68. The maximum absolute atomic E-state index is 12.8. The van der Waals surface area contributed by atoms with Crippen molar-refractivity contribution >= 4 is 5.91 Å². The molecule has 24 heavy (non-hydrogen) atoms. The van der Waals surface area contributed by atoms with E-state index >= 15 is 0 Å². The van der Waals surface area contributed by atoms with Crippen molar-refractivity contribution in [3.05, 3.63) is 29.2 Å². The van der Waals surface area contributed by atoms with E-state index in [1.165, 1.54) is 6.26 Å². The minimum atomic E-state index is -0.194. The molecule has 0 N–H and O–H groups in total. The minimum Gasteiger partial charge on any atom is -0.364 e. The van der Waals surface area contributed by atoms with Gasteiger partial charge in [-0.1, -0.05) is 30.6 Å². The van der Waals surface area contributed by atoms with Crippen LogP contribution in [0, 0.1) is 12.8 Å². The van der Waals surface area contributed by atoms with Gasteiger partial charge in [-0.3, -0.25) is 4.79 Å². The van der Waals surface area contributed by atoms with Gasteiger partial charge in [-0.05, 0) is 25.7 Å². The maximum atomic E-state index is 12.8. The summed E-state index contributed by atoms with van der Waals surface area (Å²) in [5.41, 5.74) is 0.977. The number of carbonyl (C=O) groups is 1. The van der Waals surface area contributed by atoms with Gasteiger partial charge >= 0.3 is 0 Å². The monoisotopic (exact) mass is 330 g/mol. The zero-order valence-corrected chi connectivity index (χ0v) is 14.3. The second kappa shape index (κ2) is 5.43. The first-order chi connectivity index (χ1) is 11.5. The Morgan fingerprint density at radius 3 is 2.92 bits per heavy atom. The summed E-state index contributed by atoms with van der Waals surface area (Å²) in [6, 6.07) is 0. The van der Waals surface area contributed by atoms with Crippen LogP contribution in [0.5, 0.6) is 0 Å². The van der Waals surface area contributed by atoms with Crippen LogP contribution < -0.4 is 0 Å². The Bertz CT molecular complexity index is 765. The molecule has 4 rings (SSSR count). The lowest BCUT2D eigenvalue weighted by atomic mass is 9.80. The first-order valence-electron chi connectivity index (χ1n) is 8.55. The van der Waals surface area contributed by atoms with Crippen molar-refractivity contribution in [2.45, 2.75) is 51.4 Å². The highest BCUT2D eigenvalue weighted by Crippen LogP contribution is 2.50. The molecule has 1 saturated carbocycles. The summed E-state index contributed by atoms with van der Waals surface area (Å²) < 4.78 is 10.5. The first kappa shape index (κ1) is 15.4. The quantitative estimate of drug-likeness (QED) is 0.860. The molecule has 0 spiro atoms. The molecular weight excluding hydrogens is 308 g/mol. The number of carbonyl (C=O) groups excluding carboxylic acids is 1. The summed E-state index contributed by atoms with van der Waals surface area (Å²) in [5.74, 6) is 2.03. The SMILES string of the molecule is Cc1nocc1C(=O)N1C[C@@H]2CCC[C@]2(c2nc(C(C)C)no2)C1. The Labute approximate surface area is 140 Å². The van der Waals surface area contributed by atoms with Crippen LogP contribution in [0.4, 0.5) is 0 Å².